The molecule has 0 spiro atoms. The third-order valence-electron chi connectivity index (χ3n) is 2.82. The van der Waals surface area contributed by atoms with Crippen LogP contribution in [-0.4, -0.2) is 38.0 Å². The second-order valence-corrected chi connectivity index (χ2v) is 4.60. The number of carbonyl (C=O) groups is 1. The van der Waals surface area contributed by atoms with Crippen LogP contribution in [0.3, 0.4) is 0 Å². The molecule has 1 rings (SSSR count). The van der Waals surface area contributed by atoms with E-state index in [-0.39, 0.29) is 5.91 Å². The highest BCUT2D eigenvalue weighted by atomic mass is 16.2. The van der Waals surface area contributed by atoms with E-state index >= 15 is 0 Å². The molecule has 0 radical (unpaired) electrons. The molecule has 0 saturated heterocycles. The summed E-state index contributed by atoms with van der Waals surface area (Å²) >= 11 is 0. The van der Waals surface area contributed by atoms with Gasteiger partial charge >= 0.3 is 0 Å². The van der Waals surface area contributed by atoms with Crippen LogP contribution in [0.5, 0.6) is 0 Å². The number of nitrogen functional groups attached to an aromatic ring is 1. The SMILES string of the molecule is C#CCN(CCC)C(=O)c1ccc(N(C)C)c(N)c1. The Labute approximate surface area is 115 Å². The molecule has 102 valence electrons. The first-order valence-corrected chi connectivity index (χ1v) is 6.30. The van der Waals surface area contributed by atoms with Crippen molar-refractivity contribution in [1.82, 2.24) is 4.90 Å². The molecule has 4 heteroatoms. The number of hydrogen-bond donors (Lipinski definition) is 1. The summed E-state index contributed by atoms with van der Waals surface area (Å²) < 4.78 is 0. The van der Waals surface area contributed by atoms with E-state index in [4.69, 9.17) is 12.2 Å². The molecule has 0 aliphatic rings. The van der Waals surface area contributed by atoms with E-state index in [0.717, 1.165) is 12.1 Å². The van der Waals surface area contributed by atoms with Crippen molar-refractivity contribution >= 4 is 17.3 Å². The number of terminal acetylenes is 1. The van der Waals surface area contributed by atoms with Crippen molar-refractivity contribution < 1.29 is 4.79 Å². The topological polar surface area (TPSA) is 49.6 Å². The van der Waals surface area contributed by atoms with E-state index in [1.807, 2.05) is 32.0 Å². The average molecular weight is 259 g/mol. The number of anilines is 2. The van der Waals surface area contributed by atoms with Crippen LogP contribution in [-0.2, 0) is 0 Å². The van der Waals surface area contributed by atoms with Crippen molar-refractivity contribution in [3.63, 3.8) is 0 Å². The average Bonchev–Trinajstić information content (AvgIpc) is 2.37. The van der Waals surface area contributed by atoms with Gasteiger partial charge in [0.05, 0.1) is 17.9 Å². The quantitative estimate of drug-likeness (QED) is 0.648. The zero-order valence-electron chi connectivity index (χ0n) is 11.8. The molecule has 2 N–H and O–H groups in total. The Morgan fingerprint density at radius 3 is 2.58 bits per heavy atom. The number of rotatable bonds is 5. The van der Waals surface area contributed by atoms with Crippen LogP contribution in [0.2, 0.25) is 0 Å². The Bertz CT molecular complexity index is 489. The van der Waals surface area contributed by atoms with Gasteiger partial charge in [-0.2, -0.15) is 0 Å². The Hall–Kier alpha value is -2.15. The van der Waals surface area contributed by atoms with E-state index in [0.29, 0.717) is 24.3 Å². The van der Waals surface area contributed by atoms with Gasteiger partial charge in [0, 0.05) is 26.2 Å². The minimum absolute atomic E-state index is 0.0724. The molecule has 0 fully saturated rings. The van der Waals surface area contributed by atoms with Gasteiger partial charge in [-0.25, -0.2) is 0 Å². The number of hydrogen-bond acceptors (Lipinski definition) is 3. The summed E-state index contributed by atoms with van der Waals surface area (Å²) in [6, 6.07) is 5.34. The maximum atomic E-state index is 12.3. The molecule has 0 saturated carbocycles. The van der Waals surface area contributed by atoms with Crippen LogP contribution in [0.4, 0.5) is 11.4 Å². The van der Waals surface area contributed by atoms with Gasteiger partial charge in [0.2, 0.25) is 0 Å². The summed E-state index contributed by atoms with van der Waals surface area (Å²) in [5.74, 6) is 2.44. The van der Waals surface area contributed by atoms with Gasteiger partial charge in [-0.1, -0.05) is 12.8 Å². The summed E-state index contributed by atoms with van der Waals surface area (Å²) in [5.41, 5.74) is 8.02. The Morgan fingerprint density at radius 1 is 1.42 bits per heavy atom. The van der Waals surface area contributed by atoms with Crippen molar-refractivity contribution in [3.8, 4) is 12.3 Å². The van der Waals surface area contributed by atoms with Gasteiger partial charge in [0.1, 0.15) is 0 Å². The largest absolute Gasteiger partial charge is 0.397 e. The molecule has 0 unspecified atom stereocenters. The summed E-state index contributed by atoms with van der Waals surface area (Å²) in [4.78, 5) is 15.9. The maximum Gasteiger partial charge on any atom is 0.254 e. The number of nitrogens with two attached hydrogens (primary N) is 1. The van der Waals surface area contributed by atoms with Crippen LogP contribution in [0, 0.1) is 12.3 Å². The molecule has 0 aromatic heterocycles. The highest BCUT2D eigenvalue weighted by molar-refractivity contribution is 5.96. The summed E-state index contributed by atoms with van der Waals surface area (Å²) in [5, 5.41) is 0. The lowest BCUT2D eigenvalue weighted by Gasteiger charge is -2.21. The van der Waals surface area contributed by atoms with E-state index in [1.165, 1.54) is 0 Å². The van der Waals surface area contributed by atoms with Gasteiger partial charge in [-0.05, 0) is 24.6 Å². The molecule has 19 heavy (non-hydrogen) atoms. The fourth-order valence-electron chi connectivity index (χ4n) is 1.91. The zero-order chi connectivity index (χ0) is 14.4. The van der Waals surface area contributed by atoms with E-state index < -0.39 is 0 Å². The third kappa shape index (κ3) is 3.65. The molecule has 1 aromatic carbocycles. The molecule has 0 aliphatic heterocycles. The Balaban J connectivity index is 2.99. The van der Waals surface area contributed by atoms with Gasteiger partial charge in [-0.3, -0.25) is 4.79 Å². The number of nitrogens with zero attached hydrogens (tertiary/aromatic N) is 2. The highest BCUT2D eigenvalue weighted by Crippen LogP contribution is 2.23. The number of carbonyl (C=O) groups excluding carboxylic acids is 1. The van der Waals surface area contributed by atoms with Crippen LogP contribution in [0.25, 0.3) is 0 Å². The van der Waals surface area contributed by atoms with Gasteiger partial charge in [0.25, 0.3) is 5.91 Å². The predicted molar refractivity (Wildman–Crippen MR) is 80.2 cm³/mol. The Kier molecular flexibility index (Phi) is 5.25. The van der Waals surface area contributed by atoms with Gasteiger partial charge in [0.15, 0.2) is 0 Å². The first-order valence-electron chi connectivity index (χ1n) is 6.30. The van der Waals surface area contributed by atoms with E-state index in [2.05, 4.69) is 5.92 Å². The van der Waals surface area contributed by atoms with Crippen molar-refractivity contribution in [2.24, 2.45) is 0 Å². The first kappa shape index (κ1) is 14.9. The smallest absolute Gasteiger partial charge is 0.254 e. The normalized spacial score (nSPS) is 9.79. The van der Waals surface area contributed by atoms with Crippen LogP contribution < -0.4 is 10.6 Å². The lowest BCUT2D eigenvalue weighted by Crippen LogP contribution is -2.32. The second kappa shape index (κ2) is 6.69. The summed E-state index contributed by atoms with van der Waals surface area (Å²) in [6.45, 7) is 2.99. The molecular weight excluding hydrogens is 238 g/mol. The standard InChI is InChI=1S/C15H21N3O/c1-5-9-18(10-6-2)15(19)12-7-8-14(17(3)4)13(16)11-12/h1,7-8,11H,6,9-10,16H2,2-4H3. The molecule has 0 bridgehead atoms. The fraction of sp³-hybridized carbons (Fsp3) is 0.400. The minimum Gasteiger partial charge on any atom is -0.397 e. The minimum atomic E-state index is -0.0724. The van der Waals surface area contributed by atoms with Crippen molar-refractivity contribution in [1.29, 1.82) is 0 Å². The van der Waals surface area contributed by atoms with Crippen LogP contribution in [0.1, 0.15) is 23.7 Å². The molecule has 1 amide bonds. The first-order chi connectivity index (χ1) is 9.01. The Morgan fingerprint density at radius 2 is 2.11 bits per heavy atom. The van der Waals surface area contributed by atoms with Crippen molar-refractivity contribution in [2.75, 3.05) is 37.8 Å². The molecule has 0 aliphatic carbocycles. The highest BCUT2D eigenvalue weighted by Gasteiger charge is 2.15. The molecule has 4 nitrogen and oxygen atoms in total. The fourth-order valence-corrected chi connectivity index (χ4v) is 1.91. The van der Waals surface area contributed by atoms with Crippen LogP contribution in [0.15, 0.2) is 18.2 Å². The van der Waals surface area contributed by atoms with Crippen LogP contribution >= 0.6 is 0 Å². The molecule has 1 aromatic rings. The van der Waals surface area contributed by atoms with E-state index in [9.17, 15) is 4.79 Å². The van der Waals surface area contributed by atoms with Gasteiger partial charge < -0.3 is 15.5 Å². The lowest BCUT2D eigenvalue weighted by atomic mass is 10.1. The molecule has 0 heterocycles. The van der Waals surface area contributed by atoms with Crippen molar-refractivity contribution in [3.05, 3.63) is 23.8 Å². The summed E-state index contributed by atoms with van der Waals surface area (Å²) in [7, 11) is 3.82. The van der Waals surface area contributed by atoms with Crippen molar-refractivity contribution in [2.45, 2.75) is 13.3 Å². The third-order valence-corrected chi connectivity index (χ3v) is 2.82. The zero-order valence-corrected chi connectivity index (χ0v) is 11.8. The molecular formula is C15H21N3O. The van der Waals surface area contributed by atoms with Gasteiger partial charge in [-0.15, -0.1) is 6.42 Å². The number of amides is 1. The van der Waals surface area contributed by atoms with E-state index in [1.54, 1.807) is 17.0 Å². The number of benzene rings is 1. The maximum absolute atomic E-state index is 12.3. The predicted octanol–water partition coefficient (Wildman–Crippen LogP) is 1.82. The lowest BCUT2D eigenvalue weighted by molar-refractivity contribution is 0.0777. The second-order valence-electron chi connectivity index (χ2n) is 4.60. The summed E-state index contributed by atoms with van der Waals surface area (Å²) in [6.07, 6.45) is 6.17. The monoisotopic (exact) mass is 259 g/mol. The molecule has 0 atom stereocenters.